The monoisotopic (exact) mass is 333 g/mol. The van der Waals surface area contributed by atoms with Crippen molar-refractivity contribution in [3.63, 3.8) is 0 Å². The molecular weight excluding hydrogens is 306 g/mol. The van der Waals surface area contributed by atoms with E-state index in [0.29, 0.717) is 37.4 Å². The maximum Gasteiger partial charge on any atom is 0.254 e. The van der Waals surface area contributed by atoms with E-state index >= 15 is 0 Å². The van der Waals surface area contributed by atoms with Crippen LogP contribution in [0, 0.1) is 0 Å². The van der Waals surface area contributed by atoms with Crippen molar-refractivity contribution in [1.82, 2.24) is 14.8 Å². The molecule has 2 atom stereocenters. The SMILES string of the molecule is CCN(CC)C(=O)[C@@H]1C[C@@H](N)CN1c1ccc(C(=O)N(C)C)cn1. The number of aromatic nitrogens is 1. The Bertz CT molecular complexity index is 583. The summed E-state index contributed by atoms with van der Waals surface area (Å²) in [5.41, 5.74) is 6.62. The van der Waals surface area contributed by atoms with Gasteiger partial charge in [-0.3, -0.25) is 9.59 Å². The number of rotatable bonds is 5. The fourth-order valence-electron chi connectivity index (χ4n) is 3.04. The summed E-state index contributed by atoms with van der Waals surface area (Å²) >= 11 is 0. The summed E-state index contributed by atoms with van der Waals surface area (Å²) in [5, 5.41) is 0. The number of hydrogen-bond donors (Lipinski definition) is 1. The van der Waals surface area contributed by atoms with Crippen LogP contribution < -0.4 is 10.6 Å². The van der Waals surface area contributed by atoms with Gasteiger partial charge in [0.1, 0.15) is 11.9 Å². The first-order chi connectivity index (χ1) is 11.4. The number of amides is 2. The van der Waals surface area contributed by atoms with Crippen LogP contribution in [0.25, 0.3) is 0 Å². The Kier molecular flexibility index (Phi) is 5.77. The topological polar surface area (TPSA) is 82.8 Å². The second kappa shape index (κ2) is 7.61. The Balaban J connectivity index is 2.22. The van der Waals surface area contributed by atoms with Gasteiger partial charge in [-0.15, -0.1) is 0 Å². The zero-order chi connectivity index (χ0) is 17.9. The van der Waals surface area contributed by atoms with Crippen molar-refractivity contribution in [2.24, 2.45) is 5.73 Å². The molecule has 1 aliphatic heterocycles. The van der Waals surface area contributed by atoms with Gasteiger partial charge < -0.3 is 20.4 Å². The third kappa shape index (κ3) is 3.67. The van der Waals surface area contributed by atoms with E-state index in [1.807, 2.05) is 23.6 Å². The van der Waals surface area contributed by atoms with Gasteiger partial charge in [0.25, 0.3) is 5.91 Å². The molecule has 0 radical (unpaired) electrons. The van der Waals surface area contributed by atoms with Crippen LogP contribution in [0.1, 0.15) is 30.6 Å². The number of hydrogen-bond acceptors (Lipinski definition) is 5. The minimum Gasteiger partial charge on any atom is -0.345 e. The van der Waals surface area contributed by atoms with Gasteiger partial charge in [0.15, 0.2) is 0 Å². The molecule has 1 aliphatic rings. The molecule has 2 N–H and O–H groups in total. The van der Waals surface area contributed by atoms with Crippen molar-refractivity contribution in [3.8, 4) is 0 Å². The van der Waals surface area contributed by atoms with E-state index in [9.17, 15) is 9.59 Å². The van der Waals surface area contributed by atoms with Crippen molar-refractivity contribution < 1.29 is 9.59 Å². The molecule has 1 aromatic heterocycles. The number of likely N-dealkylation sites (N-methyl/N-ethyl adjacent to an activating group) is 1. The zero-order valence-electron chi connectivity index (χ0n) is 14.9. The van der Waals surface area contributed by atoms with Gasteiger partial charge >= 0.3 is 0 Å². The Morgan fingerprint density at radius 3 is 2.46 bits per heavy atom. The maximum absolute atomic E-state index is 12.7. The number of carbonyl (C=O) groups is 2. The summed E-state index contributed by atoms with van der Waals surface area (Å²) in [4.78, 5) is 34.4. The number of anilines is 1. The molecule has 0 bridgehead atoms. The van der Waals surface area contributed by atoms with Crippen molar-refractivity contribution in [3.05, 3.63) is 23.9 Å². The van der Waals surface area contributed by atoms with E-state index in [1.165, 1.54) is 4.90 Å². The van der Waals surface area contributed by atoms with Crippen LogP contribution in [0.4, 0.5) is 5.82 Å². The lowest BCUT2D eigenvalue weighted by Gasteiger charge is -2.29. The van der Waals surface area contributed by atoms with Crippen LogP contribution in [0.15, 0.2) is 18.3 Å². The first-order valence-electron chi connectivity index (χ1n) is 8.37. The predicted octanol–water partition coefficient (Wildman–Crippen LogP) is 0.558. The zero-order valence-corrected chi connectivity index (χ0v) is 14.9. The van der Waals surface area contributed by atoms with E-state index in [2.05, 4.69) is 4.98 Å². The quantitative estimate of drug-likeness (QED) is 0.851. The van der Waals surface area contributed by atoms with E-state index in [1.54, 1.807) is 32.4 Å². The summed E-state index contributed by atoms with van der Waals surface area (Å²) in [7, 11) is 3.41. The molecule has 132 valence electrons. The highest BCUT2D eigenvalue weighted by molar-refractivity contribution is 5.93. The lowest BCUT2D eigenvalue weighted by Crippen LogP contribution is -2.46. The minimum absolute atomic E-state index is 0.0561. The highest BCUT2D eigenvalue weighted by atomic mass is 16.2. The fourth-order valence-corrected chi connectivity index (χ4v) is 3.04. The maximum atomic E-state index is 12.7. The van der Waals surface area contributed by atoms with Crippen LogP contribution >= 0.6 is 0 Å². The van der Waals surface area contributed by atoms with E-state index in [-0.39, 0.29) is 23.9 Å². The Morgan fingerprint density at radius 1 is 1.29 bits per heavy atom. The summed E-state index contributed by atoms with van der Waals surface area (Å²) in [6, 6.07) is 3.19. The highest BCUT2D eigenvalue weighted by Gasteiger charge is 2.37. The van der Waals surface area contributed by atoms with Gasteiger partial charge in [0.05, 0.1) is 5.56 Å². The van der Waals surface area contributed by atoms with Gasteiger partial charge in [-0.25, -0.2) is 4.98 Å². The average molecular weight is 333 g/mol. The molecule has 0 aliphatic carbocycles. The van der Waals surface area contributed by atoms with Crippen LogP contribution in [0.2, 0.25) is 0 Å². The van der Waals surface area contributed by atoms with Gasteiger partial charge in [-0.1, -0.05) is 0 Å². The molecule has 0 unspecified atom stereocenters. The largest absolute Gasteiger partial charge is 0.345 e. The molecule has 1 saturated heterocycles. The average Bonchev–Trinajstić information content (AvgIpc) is 2.97. The van der Waals surface area contributed by atoms with Crippen LogP contribution in [-0.2, 0) is 4.79 Å². The number of carbonyl (C=O) groups excluding carboxylic acids is 2. The first-order valence-corrected chi connectivity index (χ1v) is 8.37. The van der Waals surface area contributed by atoms with Gasteiger partial charge in [0, 0.05) is 46.0 Å². The standard InChI is InChI=1S/C17H27N5O2/c1-5-21(6-2)17(24)14-9-13(18)11-22(14)15-8-7-12(10-19-15)16(23)20(3)4/h7-8,10,13-14H,5-6,9,11,18H2,1-4H3/t13-,14+/m1/s1. The predicted molar refractivity (Wildman–Crippen MR) is 93.9 cm³/mol. The van der Waals surface area contributed by atoms with Crippen molar-refractivity contribution in [2.45, 2.75) is 32.4 Å². The summed E-state index contributed by atoms with van der Waals surface area (Å²) in [5.74, 6) is 0.676. The number of nitrogens with zero attached hydrogens (tertiary/aromatic N) is 4. The third-order valence-corrected chi connectivity index (χ3v) is 4.39. The summed E-state index contributed by atoms with van der Waals surface area (Å²) < 4.78 is 0. The van der Waals surface area contributed by atoms with Crippen molar-refractivity contribution >= 4 is 17.6 Å². The lowest BCUT2D eigenvalue weighted by molar-refractivity contribution is -0.132. The van der Waals surface area contributed by atoms with E-state index < -0.39 is 0 Å². The van der Waals surface area contributed by atoms with Crippen LogP contribution in [0.5, 0.6) is 0 Å². The van der Waals surface area contributed by atoms with Crippen LogP contribution in [-0.4, -0.2) is 72.4 Å². The molecule has 1 aromatic rings. The van der Waals surface area contributed by atoms with Gasteiger partial charge in [0.2, 0.25) is 5.91 Å². The Morgan fingerprint density at radius 2 is 1.96 bits per heavy atom. The third-order valence-electron chi connectivity index (χ3n) is 4.39. The highest BCUT2D eigenvalue weighted by Crippen LogP contribution is 2.25. The smallest absolute Gasteiger partial charge is 0.254 e. The van der Waals surface area contributed by atoms with E-state index in [4.69, 9.17) is 5.73 Å². The molecule has 0 aromatic carbocycles. The molecule has 7 nitrogen and oxygen atoms in total. The van der Waals surface area contributed by atoms with Crippen molar-refractivity contribution in [2.75, 3.05) is 38.6 Å². The fraction of sp³-hybridized carbons (Fsp3) is 0.588. The lowest BCUT2D eigenvalue weighted by atomic mass is 10.1. The Hall–Kier alpha value is -2.15. The molecule has 7 heteroatoms. The minimum atomic E-state index is -0.289. The second-order valence-electron chi connectivity index (χ2n) is 6.28. The molecule has 1 fully saturated rings. The molecule has 24 heavy (non-hydrogen) atoms. The van der Waals surface area contributed by atoms with Gasteiger partial charge in [-0.2, -0.15) is 0 Å². The Labute approximate surface area is 143 Å². The summed E-state index contributed by atoms with van der Waals surface area (Å²) in [6.45, 7) is 5.89. The number of nitrogens with two attached hydrogens (primary N) is 1. The molecule has 2 rings (SSSR count). The number of pyridine rings is 1. The normalized spacial score (nSPS) is 20.1. The first kappa shape index (κ1) is 18.2. The van der Waals surface area contributed by atoms with Gasteiger partial charge in [-0.05, 0) is 32.4 Å². The summed E-state index contributed by atoms with van der Waals surface area (Å²) in [6.07, 6.45) is 2.18. The molecule has 2 amide bonds. The van der Waals surface area contributed by atoms with E-state index in [0.717, 1.165) is 0 Å². The molecule has 0 saturated carbocycles. The molecule has 2 heterocycles. The van der Waals surface area contributed by atoms with Crippen LogP contribution in [0.3, 0.4) is 0 Å². The molecular formula is C17H27N5O2. The second-order valence-corrected chi connectivity index (χ2v) is 6.28. The van der Waals surface area contributed by atoms with Crippen molar-refractivity contribution in [1.29, 1.82) is 0 Å². The molecule has 0 spiro atoms.